The van der Waals surface area contributed by atoms with Gasteiger partial charge in [-0.1, -0.05) is 27.7 Å². The van der Waals surface area contributed by atoms with Crippen molar-refractivity contribution >= 4 is 11.8 Å². The van der Waals surface area contributed by atoms with Crippen molar-refractivity contribution in [3.63, 3.8) is 0 Å². The van der Waals surface area contributed by atoms with Crippen LogP contribution >= 0.6 is 0 Å². The van der Waals surface area contributed by atoms with E-state index in [4.69, 9.17) is 0 Å². The molecule has 0 aromatic heterocycles. The number of amides is 2. The minimum Gasteiger partial charge on any atom is -0.340 e. The Hall–Kier alpha value is -1.06. The molecule has 0 aromatic rings. The number of hydrogen-bond donors (Lipinski definition) is 1. The van der Waals surface area contributed by atoms with Crippen LogP contribution in [0.25, 0.3) is 0 Å². The molecule has 1 aliphatic carbocycles. The third-order valence-electron chi connectivity index (χ3n) is 4.67. The molecule has 0 bridgehead atoms. The third kappa shape index (κ3) is 2.70. The van der Waals surface area contributed by atoms with Crippen LogP contribution in [0.5, 0.6) is 0 Å². The molecule has 4 nitrogen and oxygen atoms in total. The lowest BCUT2D eigenvalue weighted by atomic mass is 9.86. The minimum absolute atomic E-state index is 0.0257. The zero-order chi connectivity index (χ0) is 15.1. The highest BCUT2D eigenvalue weighted by Gasteiger charge is 2.55. The van der Waals surface area contributed by atoms with Gasteiger partial charge in [0.25, 0.3) is 0 Å². The average molecular weight is 280 g/mol. The number of carbonyl (C=O) groups excluding carboxylic acids is 2. The van der Waals surface area contributed by atoms with Crippen LogP contribution in [0.4, 0.5) is 0 Å². The molecule has 0 radical (unpaired) electrons. The Labute approximate surface area is 122 Å². The second-order valence-corrected chi connectivity index (χ2v) is 7.34. The van der Waals surface area contributed by atoms with Crippen molar-refractivity contribution in [2.24, 2.45) is 17.8 Å². The predicted octanol–water partition coefficient (Wildman–Crippen LogP) is 2.18. The molecule has 1 heterocycles. The van der Waals surface area contributed by atoms with Crippen LogP contribution in [0, 0.1) is 17.8 Å². The minimum atomic E-state index is -0.667. The van der Waals surface area contributed by atoms with Gasteiger partial charge in [-0.15, -0.1) is 0 Å². The van der Waals surface area contributed by atoms with Crippen LogP contribution in [0.3, 0.4) is 0 Å². The Kier molecular flexibility index (Phi) is 4.12. The van der Waals surface area contributed by atoms with Crippen LogP contribution in [-0.4, -0.2) is 34.8 Å². The van der Waals surface area contributed by atoms with Crippen LogP contribution in [0.2, 0.25) is 0 Å². The van der Waals surface area contributed by atoms with Crippen LogP contribution in [0.1, 0.15) is 53.9 Å². The summed E-state index contributed by atoms with van der Waals surface area (Å²) in [6.07, 6.45) is 3.04. The fraction of sp³-hybridized carbons (Fsp3) is 0.875. The first kappa shape index (κ1) is 15.3. The molecule has 2 fully saturated rings. The van der Waals surface area contributed by atoms with E-state index in [1.165, 1.54) is 0 Å². The van der Waals surface area contributed by atoms with Crippen molar-refractivity contribution in [2.45, 2.75) is 65.5 Å². The fourth-order valence-electron chi connectivity index (χ4n) is 3.19. The van der Waals surface area contributed by atoms with Crippen molar-refractivity contribution < 1.29 is 9.59 Å². The summed E-state index contributed by atoms with van der Waals surface area (Å²) < 4.78 is 0. The van der Waals surface area contributed by atoms with E-state index in [0.717, 1.165) is 19.3 Å². The van der Waals surface area contributed by atoms with Crippen LogP contribution in [0.15, 0.2) is 0 Å². The molecule has 2 unspecified atom stereocenters. The van der Waals surface area contributed by atoms with Gasteiger partial charge in [-0.3, -0.25) is 9.59 Å². The highest BCUT2D eigenvalue weighted by molar-refractivity contribution is 6.00. The zero-order valence-corrected chi connectivity index (χ0v) is 13.4. The predicted molar refractivity (Wildman–Crippen MR) is 79.1 cm³/mol. The summed E-state index contributed by atoms with van der Waals surface area (Å²) in [6.45, 7) is 10.9. The van der Waals surface area contributed by atoms with E-state index in [2.05, 4.69) is 19.2 Å². The number of rotatable bonds is 5. The molecule has 1 aliphatic heterocycles. The second kappa shape index (κ2) is 5.38. The first-order valence-electron chi connectivity index (χ1n) is 7.90. The van der Waals surface area contributed by atoms with Gasteiger partial charge in [-0.2, -0.15) is 0 Å². The number of carbonyl (C=O) groups is 2. The molecule has 2 rings (SSSR count). The van der Waals surface area contributed by atoms with E-state index < -0.39 is 5.54 Å². The molecular weight excluding hydrogens is 252 g/mol. The van der Waals surface area contributed by atoms with Gasteiger partial charge in [0.15, 0.2) is 0 Å². The lowest BCUT2D eigenvalue weighted by Crippen LogP contribution is -2.71. The van der Waals surface area contributed by atoms with Gasteiger partial charge in [-0.05, 0) is 43.9 Å². The number of nitrogens with one attached hydrogen (secondary N) is 1. The van der Waals surface area contributed by atoms with Gasteiger partial charge in [-0.25, -0.2) is 0 Å². The molecule has 20 heavy (non-hydrogen) atoms. The largest absolute Gasteiger partial charge is 0.340 e. The normalized spacial score (nSPS) is 31.1. The second-order valence-electron chi connectivity index (χ2n) is 7.34. The lowest BCUT2D eigenvalue weighted by Gasteiger charge is -2.46. The van der Waals surface area contributed by atoms with Gasteiger partial charge in [0.2, 0.25) is 11.8 Å². The van der Waals surface area contributed by atoms with E-state index in [0.29, 0.717) is 18.4 Å². The average Bonchev–Trinajstić information content (AvgIpc) is 3.15. The van der Waals surface area contributed by atoms with Gasteiger partial charge < -0.3 is 10.2 Å². The quantitative estimate of drug-likeness (QED) is 0.839. The summed E-state index contributed by atoms with van der Waals surface area (Å²) in [5.41, 5.74) is -0.667. The van der Waals surface area contributed by atoms with Gasteiger partial charge >= 0.3 is 0 Å². The fourth-order valence-corrected chi connectivity index (χ4v) is 3.19. The molecule has 4 heteroatoms. The SMILES string of the molecule is CC(C)CCN1C(=O)C(C)(C2CC2)NC(=O)C1C(C)C. The summed E-state index contributed by atoms with van der Waals surface area (Å²) in [5.74, 6) is 1.16. The zero-order valence-electron chi connectivity index (χ0n) is 13.4. The topological polar surface area (TPSA) is 49.4 Å². The van der Waals surface area contributed by atoms with Crippen molar-refractivity contribution in [3.05, 3.63) is 0 Å². The van der Waals surface area contributed by atoms with Crippen molar-refractivity contribution in [3.8, 4) is 0 Å². The summed E-state index contributed by atoms with van der Waals surface area (Å²) in [6, 6.07) is -0.312. The Morgan fingerprint density at radius 1 is 1.25 bits per heavy atom. The molecule has 114 valence electrons. The summed E-state index contributed by atoms with van der Waals surface area (Å²) in [7, 11) is 0. The molecule has 1 saturated heterocycles. The van der Waals surface area contributed by atoms with Crippen molar-refractivity contribution in [1.29, 1.82) is 0 Å². The van der Waals surface area contributed by atoms with E-state index in [1.807, 2.05) is 25.7 Å². The van der Waals surface area contributed by atoms with E-state index in [9.17, 15) is 9.59 Å². The first-order chi connectivity index (χ1) is 9.27. The molecule has 1 saturated carbocycles. The smallest absolute Gasteiger partial charge is 0.249 e. The maximum absolute atomic E-state index is 12.9. The van der Waals surface area contributed by atoms with Crippen LogP contribution < -0.4 is 5.32 Å². The summed E-state index contributed by atoms with van der Waals surface area (Å²) in [5, 5.41) is 3.02. The number of nitrogens with zero attached hydrogens (tertiary/aromatic N) is 1. The molecule has 2 atom stereocenters. The van der Waals surface area contributed by atoms with Crippen molar-refractivity contribution in [1.82, 2.24) is 10.2 Å². The number of hydrogen-bond acceptors (Lipinski definition) is 2. The molecule has 1 N–H and O–H groups in total. The lowest BCUT2D eigenvalue weighted by molar-refractivity contribution is -0.157. The highest BCUT2D eigenvalue weighted by atomic mass is 16.2. The van der Waals surface area contributed by atoms with Gasteiger partial charge in [0, 0.05) is 6.54 Å². The standard InChI is InChI=1S/C16H28N2O2/c1-10(2)8-9-18-13(11(3)4)14(19)17-16(5,15(18)20)12-6-7-12/h10-13H,6-9H2,1-5H3,(H,17,19). The summed E-state index contributed by atoms with van der Waals surface area (Å²) >= 11 is 0. The molecule has 2 aliphatic rings. The Balaban J connectivity index is 2.23. The van der Waals surface area contributed by atoms with Crippen LogP contribution in [-0.2, 0) is 9.59 Å². The Morgan fingerprint density at radius 2 is 1.85 bits per heavy atom. The maximum Gasteiger partial charge on any atom is 0.249 e. The Bertz CT molecular complexity index is 401. The van der Waals surface area contributed by atoms with E-state index >= 15 is 0 Å². The monoisotopic (exact) mass is 280 g/mol. The summed E-state index contributed by atoms with van der Waals surface area (Å²) in [4.78, 5) is 27.2. The van der Waals surface area contributed by atoms with Gasteiger partial charge in [0.1, 0.15) is 11.6 Å². The highest BCUT2D eigenvalue weighted by Crippen LogP contribution is 2.42. The molecule has 0 aromatic carbocycles. The third-order valence-corrected chi connectivity index (χ3v) is 4.67. The molecular formula is C16H28N2O2. The molecule has 2 amide bonds. The molecule has 0 spiro atoms. The maximum atomic E-state index is 12.9. The Morgan fingerprint density at radius 3 is 2.30 bits per heavy atom. The number of piperazine rings is 1. The van der Waals surface area contributed by atoms with Gasteiger partial charge in [0.05, 0.1) is 0 Å². The van der Waals surface area contributed by atoms with Crippen molar-refractivity contribution in [2.75, 3.05) is 6.54 Å². The van der Waals surface area contributed by atoms with E-state index in [-0.39, 0.29) is 23.8 Å². The van der Waals surface area contributed by atoms with E-state index in [1.54, 1.807) is 0 Å². The first-order valence-corrected chi connectivity index (χ1v) is 7.90.